The third-order valence-corrected chi connectivity index (χ3v) is 5.04. The minimum Gasteiger partial charge on any atom is -0.0840 e. The van der Waals surface area contributed by atoms with Crippen molar-refractivity contribution in [2.45, 2.75) is 78.1 Å². The lowest BCUT2D eigenvalue weighted by Gasteiger charge is -2.06. The Morgan fingerprint density at radius 1 is 0.577 bits per heavy atom. The van der Waals surface area contributed by atoms with Gasteiger partial charge < -0.3 is 0 Å². The van der Waals surface area contributed by atoms with Crippen molar-refractivity contribution in [3.8, 4) is 0 Å². The molecule has 0 saturated heterocycles. The van der Waals surface area contributed by atoms with E-state index in [0.29, 0.717) is 0 Å². The molecule has 0 unspecified atom stereocenters. The summed E-state index contributed by atoms with van der Waals surface area (Å²) in [5.74, 6) is 0. The van der Waals surface area contributed by atoms with Crippen molar-refractivity contribution >= 4 is 6.08 Å². The molecule has 0 amide bonds. The molecular weight excluding hydrogens is 312 g/mol. The van der Waals surface area contributed by atoms with E-state index in [1.807, 2.05) is 0 Å². The van der Waals surface area contributed by atoms with Crippen LogP contribution in [0.4, 0.5) is 0 Å². The van der Waals surface area contributed by atoms with E-state index in [1.165, 1.54) is 67.2 Å². The van der Waals surface area contributed by atoms with Crippen molar-refractivity contribution in [1.29, 1.82) is 0 Å². The normalized spacial score (nSPS) is 11.3. The van der Waals surface area contributed by atoms with Crippen molar-refractivity contribution in [2.75, 3.05) is 0 Å². The molecule has 0 radical (unpaired) electrons. The van der Waals surface area contributed by atoms with Gasteiger partial charge >= 0.3 is 0 Å². The van der Waals surface area contributed by atoms with Crippen molar-refractivity contribution in [1.82, 2.24) is 0 Å². The van der Waals surface area contributed by atoms with Crippen LogP contribution in [0.25, 0.3) is 6.08 Å². The van der Waals surface area contributed by atoms with E-state index in [4.69, 9.17) is 0 Å². The number of hydrogen-bond acceptors (Lipinski definition) is 0. The third kappa shape index (κ3) is 8.04. The first-order chi connectivity index (χ1) is 12.8. The van der Waals surface area contributed by atoms with Crippen molar-refractivity contribution < 1.29 is 0 Å². The summed E-state index contributed by atoms with van der Waals surface area (Å²) in [5, 5.41) is 0. The van der Waals surface area contributed by atoms with Gasteiger partial charge in [-0.1, -0.05) is 107 Å². The van der Waals surface area contributed by atoms with Gasteiger partial charge in [0.05, 0.1) is 0 Å². The molecule has 0 aliphatic heterocycles. The Labute approximate surface area is 161 Å². The van der Waals surface area contributed by atoms with E-state index in [2.05, 4.69) is 74.5 Å². The van der Waals surface area contributed by atoms with Gasteiger partial charge in [-0.25, -0.2) is 0 Å². The zero-order valence-corrected chi connectivity index (χ0v) is 16.8. The molecule has 0 heterocycles. The van der Waals surface area contributed by atoms with Crippen LogP contribution in [0.1, 0.15) is 81.0 Å². The molecule has 2 rings (SSSR count). The molecule has 0 saturated carbocycles. The van der Waals surface area contributed by atoms with Crippen LogP contribution in [0.3, 0.4) is 0 Å². The minimum atomic E-state index is 1.12. The monoisotopic (exact) mass is 348 g/mol. The largest absolute Gasteiger partial charge is 0.0840 e. The van der Waals surface area contributed by atoms with Crippen LogP contribution in [-0.4, -0.2) is 0 Å². The average molecular weight is 349 g/mol. The molecule has 0 spiro atoms. The second kappa shape index (κ2) is 12.5. The number of hydrogen-bond donors (Lipinski definition) is 0. The van der Waals surface area contributed by atoms with E-state index in [1.54, 1.807) is 0 Å². The van der Waals surface area contributed by atoms with E-state index >= 15 is 0 Å². The maximum Gasteiger partial charge on any atom is -0.0238 e. The van der Waals surface area contributed by atoms with Crippen LogP contribution in [0.15, 0.2) is 54.6 Å². The van der Waals surface area contributed by atoms with E-state index < -0.39 is 0 Å². The minimum absolute atomic E-state index is 1.12. The molecule has 0 bridgehead atoms. The van der Waals surface area contributed by atoms with Crippen LogP contribution < -0.4 is 0 Å². The summed E-state index contributed by atoms with van der Waals surface area (Å²) in [6, 6.07) is 18.3. The predicted octanol–water partition coefficient (Wildman–Crippen LogP) is 7.80. The van der Waals surface area contributed by atoms with Gasteiger partial charge in [-0.3, -0.25) is 0 Å². The second-order valence-corrected chi connectivity index (χ2v) is 7.41. The third-order valence-electron chi connectivity index (χ3n) is 5.04. The summed E-state index contributed by atoms with van der Waals surface area (Å²) in [6.45, 7) is 4.49. The molecule has 0 aromatic heterocycles. The van der Waals surface area contributed by atoms with Gasteiger partial charge in [-0.2, -0.15) is 0 Å². The summed E-state index contributed by atoms with van der Waals surface area (Å²) >= 11 is 0. The van der Waals surface area contributed by atoms with Gasteiger partial charge in [0.2, 0.25) is 0 Å². The summed E-state index contributed by atoms with van der Waals surface area (Å²) in [5.41, 5.74) is 5.68. The number of unbranched alkanes of at least 4 members (excludes halogenated alkanes) is 5. The lowest BCUT2D eigenvalue weighted by Crippen LogP contribution is -1.93. The molecule has 0 aliphatic rings. The molecule has 0 N–H and O–H groups in total. The first-order valence-electron chi connectivity index (χ1n) is 10.6. The Morgan fingerprint density at radius 3 is 1.69 bits per heavy atom. The smallest absolute Gasteiger partial charge is 0.0238 e. The zero-order chi connectivity index (χ0) is 18.5. The van der Waals surface area contributed by atoms with E-state index in [9.17, 15) is 0 Å². The molecule has 0 aliphatic carbocycles. The molecular formula is C26H36. The van der Waals surface area contributed by atoms with Crippen molar-refractivity contribution in [3.05, 3.63) is 76.9 Å². The highest BCUT2D eigenvalue weighted by Crippen LogP contribution is 2.13. The van der Waals surface area contributed by atoms with Crippen molar-refractivity contribution in [2.24, 2.45) is 0 Å². The van der Waals surface area contributed by atoms with Crippen LogP contribution >= 0.6 is 0 Å². The van der Waals surface area contributed by atoms with Gasteiger partial charge in [0.25, 0.3) is 0 Å². The Morgan fingerprint density at radius 2 is 1.12 bits per heavy atom. The first kappa shape index (κ1) is 20.5. The Kier molecular flexibility index (Phi) is 9.87. The maximum absolute atomic E-state index is 2.33. The predicted molar refractivity (Wildman–Crippen MR) is 117 cm³/mol. The quantitative estimate of drug-likeness (QED) is 0.343. The number of rotatable bonds is 12. The van der Waals surface area contributed by atoms with Gasteiger partial charge in [0.1, 0.15) is 0 Å². The van der Waals surface area contributed by atoms with Crippen LogP contribution in [-0.2, 0) is 19.3 Å². The summed E-state index contributed by atoms with van der Waals surface area (Å²) in [4.78, 5) is 0. The lowest BCUT2D eigenvalue weighted by atomic mass is 10.0. The van der Waals surface area contributed by atoms with Crippen LogP contribution in [0.5, 0.6) is 0 Å². The molecule has 2 aromatic rings. The van der Waals surface area contributed by atoms with Gasteiger partial charge in [-0.15, -0.1) is 0 Å². The Balaban J connectivity index is 1.73. The highest BCUT2D eigenvalue weighted by atomic mass is 14.0. The molecule has 140 valence electrons. The fraction of sp³-hybridized carbons (Fsp3) is 0.462. The topological polar surface area (TPSA) is 0 Å². The van der Waals surface area contributed by atoms with E-state index in [0.717, 1.165) is 19.3 Å². The first-order valence-corrected chi connectivity index (χ1v) is 10.6. The zero-order valence-electron chi connectivity index (χ0n) is 16.8. The maximum atomic E-state index is 2.33. The summed E-state index contributed by atoms with van der Waals surface area (Å²) in [7, 11) is 0. The van der Waals surface area contributed by atoms with Gasteiger partial charge in [0.15, 0.2) is 0 Å². The fourth-order valence-electron chi connectivity index (χ4n) is 3.28. The number of benzene rings is 2. The van der Waals surface area contributed by atoms with Gasteiger partial charge in [-0.05, 0) is 54.4 Å². The van der Waals surface area contributed by atoms with Crippen LogP contribution in [0, 0.1) is 0 Å². The lowest BCUT2D eigenvalue weighted by molar-refractivity contribution is 0.632. The number of allylic oxidation sites excluding steroid dienone is 1. The highest BCUT2D eigenvalue weighted by Gasteiger charge is 1.98. The SMILES string of the molecule is CCCC=Cc1ccc(CCc2ccc(CCCCCCC)cc2)cc1. The average Bonchev–Trinajstić information content (AvgIpc) is 2.68. The van der Waals surface area contributed by atoms with Crippen molar-refractivity contribution in [3.63, 3.8) is 0 Å². The van der Waals surface area contributed by atoms with Crippen LogP contribution in [0.2, 0.25) is 0 Å². The number of aryl methyl sites for hydroxylation is 3. The van der Waals surface area contributed by atoms with Gasteiger partial charge in [0, 0.05) is 0 Å². The molecule has 2 aromatic carbocycles. The Hall–Kier alpha value is -1.82. The standard InChI is InChI=1S/C26H36/c1-3-5-7-8-10-12-24-15-19-26(20-16-24)22-21-25-17-13-23(14-18-25)11-9-6-4-2/h9,11,13-20H,3-8,10,12,21-22H2,1-2H3. The second-order valence-electron chi connectivity index (χ2n) is 7.41. The molecule has 26 heavy (non-hydrogen) atoms. The summed E-state index contributed by atoms with van der Waals surface area (Å²) < 4.78 is 0. The summed E-state index contributed by atoms with van der Waals surface area (Å²) in [6.07, 6.45) is 17.2. The molecule has 0 atom stereocenters. The fourth-order valence-corrected chi connectivity index (χ4v) is 3.28. The molecule has 0 heteroatoms. The Bertz CT molecular complexity index is 616. The van der Waals surface area contributed by atoms with E-state index in [-0.39, 0.29) is 0 Å². The highest BCUT2D eigenvalue weighted by molar-refractivity contribution is 5.49. The molecule has 0 fully saturated rings. The molecule has 0 nitrogen and oxygen atoms in total.